The molecule has 10 heavy (non-hydrogen) atoms. The summed E-state index contributed by atoms with van der Waals surface area (Å²) in [6, 6.07) is 0. The van der Waals surface area contributed by atoms with E-state index in [1.165, 1.54) is 0 Å². The quantitative estimate of drug-likeness (QED) is 0.635. The van der Waals surface area contributed by atoms with Crippen LogP contribution in [-0.2, 0) is 9.53 Å². The molecular weight excluding hydrogens is 132 g/mol. The Morgan fingerprint density at radius 3 is 2.60 bits per heavy atom. The van der Waals surface area contributed by atoms with Crippen LogP contribution >= 0.6 is 0 Å². The highest BCUT2D eigenvalue weighted by atomic mass is 16.5. The molecule has 3 nitrogen and oxygen atoms in total. The van der Waals surface area contributed by atoms with Gasteiger partial charge in [0.1, 0.15) is 0 Å². The summed E-state index contributed by atoms with van der Waals surface area (Å²) in [7, 11) is 1.54. The fourth-order valence-electron chi connectivity index (χ4n) is 0.820. The van der Waals surface area contributed by atoms with Crippen LogP contribution in [0.5, 0.6) is 0 Å². The number of carboxylic acids is 1. The number of methoxy groups -OCH3 is 1. The predicted octanol–water partition coefficient (Wildman–Crippen LogP) is 1.28. The second-order valence-corrected chi connectivity index (χ2v) is 2.24. The molecule has 0 aromatic rings. The van der Waals surface area contributed by atoms with Crippen molar-refractivity contribution in [2.45, 2.75) is 32.3 Å². The predicted molar refractivity (Wildman–Crippen MR) is 38.0 cm³/mol. The van der Waals surface area contributed by atoms with E-state index in [9.17, 15) is 4.79 Å². The molecule has 1 atom stereocenters. The average Bonchev–Trinajstić information content (AvgIpc) is 1.86. The van der Waals surface area contributed by atoms with Gasteiger partial charge >= 0.3 is 5.97 Å². The number of carbonyl (C=O) groups is 1. The molecule has 0 bridgehead atoms. The summed E-state index contributed by atoms with van der Waals surface area (Å²) in [4.78, 5) is 10.2. The standard InChI is InChI=1S/C7H14O3/c1-3-4-6(10-2)5-7(8)9/h6H,3-5H2,1-2H3,(H,8,9). The monoisotopic (exact) mass is 146 g/mol. The molecule has 0 aliphatic carbocycles. The van der Waals surface area contributed by atoms with Gasteiger partial charge in [0.05, 0.1) is 12.5 Å². The first-order valence-corrected chi connectivity index (χ1v) is 3.45. The van der Waals surface area contributed by atoms with Crippen LogP contribution in [0.4, 0.5) is 0 Å². The fourth-order valence-corrected chi connectivity index (χ4v) is 0.820. The van der Waals surface area contributed by atoms with Gasteiger partial charge in [0.2, 0.25) is 0 Å². The van der Waals surface area contributed by atoms with Crippen LogP contribution in [0.25, 0.3) is 0 Å². The van der Waals surface area contributed by atoms with Crippen LogP contribution in [0.15, 0.2) is 0 Å². The molecule has 1 N–H and O–H groups in total. The molecule has 0 aliphatic heterocycles. The molecule has 0 fully saturated rings. The van der Waals surface area contributed by atoms with Crippen molar-refractivity contribution < 1.29 is 14.6 Å². The summed E-state index contributed by atoms with van der Waals surface area (Å²) in [5.74, 6) is -0.791. The molecule has 0 radical (unpaired) electrons. The first-order valence-electron chi connectivity index (χ1n) is 3.45. The van der Waals surface area contributed by atoms with Crippen molar-refractivity contribution in [2.24, 2.45) is 0 Å². The van der Waals surface area contributed by atoms with Gasteiger partial charge in [-0.05, 0) is 6.42 Å². The van der Waals surface area contributed by atoms with Crippen molar-refractivity contribution in [1.82, 2.24) is 0 Å². The van der Waals surface area contributed by atoms with Gasteiger partial charge in [-0.25, -0.2) is 0 Å². The molecule has 0 amide bonds. The molecular formula is C7H14O3. The molecule has 0 aromatic carbocycles. The Balaban J connectivity index is 3.49. The van der Waals surface area contributed by atoms with E-state index in [1.807, 2.05) is 6.92 Å². The van der Waals surface area contributed by atoms with E-state index in [1.54, 1.807) is 7.11 Å². The molecule has 0 rings (SSSR count). The minimum absolute atomic E-state index is 0.109. The van der Waals surface area contributed by atoms with Gasteiger partial charge in [-0.3, -0.25) is 4.79 Å². The van der Waals surface area contributed by atoms with Gasteiger partial charge in [-0.1, -0.05) is 13.3 Å². The van der Waals surface area contributed by atoms with Crippen LogP contribution in [0.2, 0.25) is 0 Å². The van der Waals surface area contributed by atoms with Gasteiger partial charge in [0.25, 0.3) is 0 Å². The third-order valence-electron chi connectivity index (χ3n) is 1.35. The number of rotatable bonds is 5. The molecule has 0 saturated carbocycles. The molecule has 0 saturated heterocycles. The van der Waals surface area contributed by atoms with E-state index in [2.05, 4.69) is 0 Å². The second kappa shape index (κ2) is 5.23. The summed E-state index contributed by atoms with van der Waals surface area (Å²) in [6.45, 7) is 2.01. The van der Waals surface area contributed by atoms with Crippen molar-refractivity contribution in [1.29, 1.82) is 0 Å². The Bertz CT molecular complexity index is 101. The van der Waals surface area contributed by atoms with Crippen molar-refractivity contribution in [3.05, 3.63) is 0 Å². The van der Waals surface area contributed by atoms with E-state index in [0.29, 0.717) is 0 Å². The van der Waals surface area contributed by atoms with Crippen LogP contribution in [-0.4, -0.2) is 24.3 Å². The van der Waals surface area contributed by atoms with Crippen LogP contribution in [0.3, 0.4) is 0 Å². The number of hydrogen-bond acceptors (Lipinski definition) is 2. The molecule has 0 aliphatic rings. The number of aliphatic carboxylic acids is 1. The molecule has 3 heteroatoms. The van der Waals surface area contributed by atoms with Gasteiger partial charge in [-0.15, -0.1) is 0 Å². The Morgan fingerprint density at radius 2 is 2.30 bits per heavy atom. The Hall–Kier alpha value is -0.570. The zero-order chi connectivity index (χ0) is 7.98. The fraction of sp³-hybridized carbons (Fsp3) is 0.857. The minimum atomic E-state index is -0.791. The maximum Gasteiger partial charge on any atom is 0.305 e. The number of carboxylic acid groups (broad SMARTS) is 1. The Labute approximate surface area is 61.0 Å². The first kappa shape index (κ1) is 9.43. The first-order chi connectivity index (χ1) is 4.70. The van der Waals surface area contributed by atoms with E-state index < -0.39 is 5.97 Å². The third-order valence-corrected chi connectivity index (χ3v) is 1.35. The van der Waals surface area contributed by atoms with Gasteiger partial charge in [-0.2, -0.15) is 0 Å². The summed E-state index contributed by atoms with van der Waals surface area (Å²) >= 11 is 0. The van der Waals surface area contributed by atoms with Crippen molar-refractivity contribution >= 4 is 5.97 Å². The Kier molecular flexibility index (Phi) is 4.94. The van der Waals surface area contributed by atoms with Crippen molar-refractivity contribution in [3.8, 4) is 0 Å². The highest BCUT2D eigenvalue weighted by Gasteiger charge is 2.09. The lowest BCUT2D eigenvalue weighted by atomic mass is 10.1. The van der Waals surface area contributed by atoms with E-state index in [4.69, 9.17) is 9.84 Å². The zero-order valence-corrected chi connectivity index (χ0v) is 6.46. The average molecular weight is 146 g/mol. The second-order valence-electron chi connectivity index (χ2n) is 2.24. The zero-order valence-electron chi connectivity index (χ0n) is 6.46. The summed E-state index contributed by atoms with van der Waals surface area (Å²) in [5.41, 5.74) is 0. The molecule has 0 spiro atoms. The summed E-state index contributed by atoms with van der Waals surface area (Å²) in [5, 5.41) is 8.36. The van der Waals surface area contributed by atoms with Crippen molar-refractivity contribution in [3.63, 3.8) is 0 Å². The highest BCUT2D eigenvalue weighted by Crippen LogP contribution is 2.04. The summed E-state index contributed by atoms with van der Waals surface area (Å²) < 4.78 is 4.92. The topological polar surface area (TPSA) is 46.5 Å². The largest absolute Gasteiger partial charge is 0.481 e. The minimum Gasteiger partial charge on any atom is -0.481 e. The molecule has 0 heterocycles. The van der Waals surface area contributed by atoms with E-state index >= 15 is 0 Å². The lowest BCUT2D eigenvalue weighted by molar-refractivity contribution is -0.139. The molecule has 60 valence electrons. The third kappa shape index (κ3) is 4.32. The number of hydrogen-bond donors (Lipinski definition) is 1. The van der Waals surface area contributed by atoms with Crippen LogP contribution in [0, 0.1) is 0 Å². The van der Waals surface area contributed by atoms with Crippen molar-refractivity contribution in [2.75, 3.05) is 7.11 Å². The van der Waals surface area contributed by atoms with E-state index in [-0.39, 0.29) is 12.5 Å². The maximum atomic E-state index is 10.2. The van der Waals surface area contributed by atoms with Crippen LogP contribution < -0.4 is 0 Å². The Morgan fingerprint density at radius 1 is 1.70 bits per heavy atom. The number of ether oxygens (including phenoxy) is 1. The van der Waals surface area contributed by atoms with Gasteiger partial charge < -0.3 is 9.84 Å². The SMILES string of the molecule is CCCC(CC(=O)O)OC. The van der Waals surface area contributed by atoms with E-state index in [0.717, 1.165) is 12.8 Å². The lowest BCUT2D eigenvalue weighted by Crippen LogP contribution is -2.15. The molecule has 0 aromatic heterocycles. The van der Waals surface area contributed by atoms with Gasteiger partial charge in [0, 0.05) is 7.11 Å². The van der Waals surface area contributed by atoms with Crippen LogP contribution in [0.1, 0.15) is 26.2 Å². The normalized spacial score (nSPS) is 13.0. The molecule has 1 unspecified atom stereocenters. The highest BCUT2D eigenvalue weighted by molar-refractivity contribution is 5.67. The summed E-state index contributed by atoms with van der Waals surface area (Å²) in [6.07, 6.45) is 1.79. The lowest BCUT2D eigenvalue weighted by Gasteiger charge is -2.10. The van der Waals surface area contributed by atoms with Gasteiger partial charge in [0.15, 0.2) is 0 Å². The smallest absolute Gasteiger partial charge is 0.305 e. The maximum absolute atomic E-state index is 10.2.